The van der Waals surface area contributed by atoms with Crippen LogP contribution in [0.5, 0.6) is 11.5 Å². The van der Waals surface area contributed by atoms with E-state index in [0.29, 0.717) is 17.7 Å². The molecule has 0 bridgehead atoms. The van der Waals surface area contributed by atoms with Crippen LogP contribution in [0.3, 0.4) is 0 Å². The van der Waals surface area contributed by atoms with Crippen molar-refractivity contribution in [1.82, 2.24) is 4.72 Å². The minimum Gasteiger partial charge on any atom is -0.497 e. The van der Waals surface area contributed by atoms with E-state index < -0.39 is 21.4 Å². The topological polar surface area (TPSA) is 84.9 Å². The second-order valence-corrected chi connectivity index (χ2v) is 8.30. The molecule has 3 rings (SSSR count). The molecule has 0 heterocycles. The molecular weight excluding hydrogens is 373 g/mol. The second kappa shape index (κ2) is 7.46. The maximum absolute atomic E-state index is 13.8. The van der Waals surface area contributed by atoms with Gasteiger partial charge in [-0.3, -0.25) is 0 Å². The van der Waals surface area contributed by atoms with Crippen LogP contribution in [0.4, 0.5) is 4.39 Å². The molecule has 0 fully saturated rings. The van der Waals surface area contributed by atoms with Gasteiger partial charge in [-0.15, -0.1) is 0 Å². The SMILES string of the molecule is COc1ccc2c(c1)CCCC2(O)CNS(=O)(=O)c1ccc(OC)c(F)c1. The Bertz CT molecular complexity index is 947. The molecule has 2 aromatic carbocycles. The standard InChI is InChI=1S/C19H22FNO5S/c1-25-14-5-7-16-13(10-14)4-3-9-19(16,22)12-21-27(23,24)15-6-8-18(26-2)17(20)11-15/h5-8,10-11,21-22H,3-4,9,12H2,1-2H3. The molecule has 1 aliphatic carbocycles. The number of halogens is 1. The molecule has 6 nitrogen and oxygen atoms in total. The summed E-state index contributed by atoms with van der Waals surface area (Å²) in [5.41, 5.74) is 0.272. The normalized spacial score (nSPS) is 19.4. The number of fused-ring (bicyclic) bond motifs is 1. The van der Waals surface area contributed by atoms with E-state index in [0.717, 1.165) is 24.5 Å². The number of hydrogen-bond acceptors (Lipinski definition) is 5. The Hall–Kier alpha value is -2.16. The van der Waals surface area contributed by atoms with E-state index in [1.807, 2.05) is 6.07 Å². The first-order valence-corrected chi connectivity index (χ1v) is 10.0. The van der Waals surface area contributed by atoms with Crippen LogP contribution in [0.2, 0.25) is 0 Å². The molecule has 1 aliphatic rings. The lowest BCUT2D eigenvalue weighted by Crippen LogP contribution is -2.43. The number of ether oxygens (including phenoxy) is 2. The maximum Gasteiger partial charge on any atom is 0.240 e. The van der Waals surface area contributed by atoms with Gasteiger partial charge in [0.15, 0.2) is 11.6 Å². The Morgan fingerprint density at radius 2 is 1.96 bits per heavy atom. The zero-order valence-electron chi connectivity index (χ0n) is 15.2. The Balaban J connectivity index is 1.83. The van der Waals surface area contributed by atoms with Crippen molar-refractivity contribution < 1.29 is 27.4 Å². The Morgan fingerprint density at radius 1 is 1.19 bits per heavy atom. The van der Waals surface area contributed by atoms with Crippen LogP contribution in [-0.4, -0.2) is 34.3 Å². The number of aryl methyl sites for hydroxylation is 1. The molecule has 0 radical (unpaired) electrons. The molecule has 0 spiro atoms. The van der Waals surface area contributed by atoms with Crippen molar-refractivity contribution in [3.63, 3.8) is 0 Å². The van der Waals surface area contributed by atoms with E-state index >= 15 is 0 Å². The van der Waals surface area contributed by atoms with Crippen LogP contribution < -0.4 is 14.2 Å². The fourth-order valence-electron chi connectivity index (χ4n) is 3.36. The summed E-state index contributed by atoms with van der Waals surface area (Å²) in [4.78, 5) is -0.227. The van der Waals surface area contributed by atoms with E-state index in [1.165, 1.54) is 19.2 Å². The third-order valence-electron chi connectivity index (χ3n) is 4.84. The van der Waals surface area contributed by atoms with E-state index in [4.69, 9.17) is 9.47 Å². The Morgan fingerprint density at radius 3 is 2.63 bits per heavy atom. The lowest BCUT2D eigenvalue weighted by Gasteiger charge is -2.34. The number of nitrogens with one attached hydrogen (secondary N) is 1. The van der Waals surface area contributed by atoms with Crippen molar-refractivity contribution in [2.75, 3.05) is 20.8 Å². The highest BCUT2D eigenvalue weighted by molar-refractivity contribution is 7.89. The summed E-state index contributed by atoms with van der Waals surface area (Å²) in [6, 6.07) is 8.75. The summed E-state index contributed by atoms with van der Waals surface area (Å²) in [5, 5.41) is 11.1. The van der Waals surface area contributed by atoms with E-state index in [2.05, 4.69) is 4.72 Å². The average Bonchev–Trinajstić information content (AvgIpc) is 2.66. The van der Waals surface area contributed by atoms with Gasteiger partial charge in [0.2, 0.25) is 10.0 Å². The van der Waals surface area contributed by atoms with Crippen molar-refractivity contribution in [3.05, 3.63) is 53.3 Å². The molecule has 1 unspecified atom stereocenters. The van der Waals surface area contributed by atoms with Crippen molar-refractivity contribution in [3.8, 4) is 11.5 Å². The van der Waals surface area contributed by atoms with Crippen molar-refractivity contribution in [2.24, 2.45) is 0 Å². The molecule has 2 N–H and O–H groups in total. The molecule has 0 aromatic heterocycles. The van der Waals surface area contributed by atoms with Gasteiger partial charge in [0.05, 0.1) is 19.1 Å². The fraction of sp³-hybridized carbons (Fsp3) is 0.368. The monoisotopic (exact) mass is 395 g/mol. The van der Waals surface area contributed by atoms with Gasteiger partial charge in [-0.2, -0.15) is 0 Å². The zero-order chi connectivity index (χ0) is 19.7. The summed E-state index contributed by atoms with van der Waals surface area (Å²) >= 11 is 0. The van der Waals surface area contributed by atoms with Gasteiger partial charge in [0.25, 0.3) is 0 Å². The highest BCUT2D eigenvalue weighted by Gasteiger charge is 2.36. The van der Waals surface area contributed by atoms with Crippen LogP contribution in [0, 0.1) is 5.82 Å². The number of aliphatic hydroxyl groups is 1. The molecule has 0 saturated carbocycles. The lowest BCUT2D eigenvalue weighted by molar-refractivity contribution is 0.0242. The van der Waals surface area contributed by atoms with Gasteiger partial charge in [-0.1, -0.05) is 6.07 Å². The number of methoxy groups -OCH3 is 2. The van der Waals surface area contributed by atoms with Crippen molar-refractivity contribution in [2.45, 2.75) is 29.8 Å². The lowest BCUT2D eigenvalue weighted by atomic mass is 9.79. The molecule has 2 aromatic rings. The van der Waals surface area contributed by atoms with Crippen molar-refractivity contribution >= 4 is 10.0 Å². The number of hydrogen-bond donors (Lipinski definition) is 2. The van der Waals surface area contributed by atoms with Gasteiger partial charge in [0, 0.05) is 6.54 Å². The molecule has 146 valence electrons. The summed E-state index contributed by atoms with van der Waals surface area (Å²) in [6.45, 7) is -0.206. The molecule has 27 heavy (non-hydrogen) atoms. The summed E-state index contributed by atoms with van der Waals surface area (Å²) in [6.07, 6.45) is 1.92. The van der Waals surface area contributed by atoms with Gasteiger partial charge in [-0.05, 0) is 60.7 Å². The summed E-state index contributed by atoms with van der Waals surface area (Å²) < 4.78 is 51.3. The van der Waals surface area contributed by atoms with Crippen LogP contribution in [0.15, 0.2) is 41.3 Å². The number of rotatable bonds is 6. The van der Waals surface area contributed by atoms with Gasteiger partial charge in [-0.25, -0.2) is 17.5 Å². The fourth-order valence-corrected chi connectivity index (χ4v) is 4.46. The first-order valence-electron chi connectivity index (χ1n) is 8.52. The van der Waals surface area contributed by atoms with Crippen molar-refractivity contribution in [1.29, 1.82) is 0 Å². The quantitative estimate of drug-likeness (QED) is 0.784. The third-order valence-corrected chi connectivity index (χ3v) is 6.24. The molecule has 0 saturated heterocycles. The number of benzene rings is 2. The zero-order valence-corrected chi connectivity index (χ0v) is 16.0. The largest absolute Gasteiger partial charge is 0.497 e. The predicted molar refractivity (Wildman–Crippen MR) is 98.0 cm³/mol. The van der Waals surface area contributed by atoms with Crippen LogP contribution in [0.1, 0.15) is 24.0 Å². The highest BCUT2D eigenvalue weighted by Crippen LogP contribution is 2.37. The second-order valence-electron chi connectivity index (χ2n) is 6.53. The van der Waals surface area contributed by atoms with E-state index in [-0.39, 0.29) is 17.2 Å². The highest BCUT2D eigenvalue weighted by atomic mass is 32.2. The minimum absolute atomic E-state index is 0.0391. The predicted octanol–water partition coefficient (Wildman–Crippen LogP) is 2.35. The summed E-state index contributed by atoms with van der Waals surface area (Å²) in [5.74, 6) is -0.121. The smallest absolute Gasteiger partial charge is 0.240 e. The Kier molecular flexibility index (Phi) is 5.41. The van der Waals surface area contributed by atoms with Gasteiger partial charge in [0.1, 0.15) is 11.4 Å². The van der Waals surface area contributed by atoms with Crippen LogP contribution in [0.25, 0.3) is 0 Å². The summed E-state index contributed by atoms with van der Waals surface area (Å²) in [7, 11) is -1.12. The average molecular weight is 395 g/mol. The van der Waals surface area contributed by atoms with Gasteiger partial charge >= 0.3 is 0 Å². The first kappa shape index (κ1) is 19.6. The van der Waals surface area contributed by atoms with E-state index in [1.54, 1.807) is 19.2 Å². The molecule has 0 aliphatic heterocycles. The Labute approximate surface area is 158 Å². The molecule has 1 atom stereocenters. The minimum atomic E-state index is -3.99. The maximum atomic E-state index is 13.8. The third kappa shape index (κ3) is 3.92. The first-order chi connectivity index (χ1) is 12.8. The molecule has 0 amide bonds. The molecule has 8 heteroatoms. The van der Waals surface area contributed by atoms with Gasteiger partial charge < -0.3 is 14.6 Å². The molecular formula is C19H22FNO5S. The van der Waals surface area contributed by atoms with Crippen LogP contribution >= 0.6 is 0 Å². The number of sulfonamides is 1. The van der Waals surface area contributed by atoms with E-state index in [9.17, 15) is 17.9 Å². The van der Waals surface area contributed by atoms with Crippen LogP contribution in [-0.2, 0) is 22.0 Å².